The predicted octanol–water partition coefficient (Wildman–Crippen LogP) is 1.80. The molecule has 0 aliphatic heterocycles. The fraction of sp³-hybridized carbons (Fsp3) is 0.300. The Labute approximate surface area is 121 Å². The zero-order valence-corrected chi connectivity index (χ0v) is 12.5. The average molecular weight is 326 g/mol. The second-order valence-electron chi connectivity index (χ2n) is 4.29. The summed E-state index contributed by atoms with van der Waals surface area (Å²) in [6.07, 6.45) is 0. The van der Waals surface area contributed by atoms with Gasteiger partial charge in [-0.05, 0) is 32.0 Å². The van der Waals surface area contributed by atoms with Gasteiger partial charge >= 0.3 is 0 Å². The van der Waals surface area contributed by atoms with Gasteiger partial charge in [0, 0.05) is 0 Å². The first-order valence-corrected chi connectivity index (χ1v) is 7.31. The Morgan fingerprint density at radius 1 is 1.37 bits per heavy atom. The summed E-state index contributed by atoms with van der Waals surface area (Å²) in [5, 5.41) is 11.8. The van der Waals surface area contributed by atoms with Gasteiger partial charge in [-0.1, -0.05) is 28.4 Å². The minimum Gasteiger partial charge on any atom is -0.409 e. The summed E-state index contributed by atoms with van der Waals surface area (Å²) < 4.78 is 26.6. The van der Waals surface area contributed by atoms with E-state index < -0.39 is 15.6 Å². The molecule has 1 rings (SSSR count). The fourth-order valence-corrected chi connectivity index (χ4v) is 2.99. The molecule has 0 saturated heterocycles. The van der Waals surface area contributed by atoms with Gasteiger partial charge in [-0.2, -0.15) is 4.72 Å². The molecule has 19 heavy (non-hydrogen) atoms. The van der Waals surface area contributed by atoms with Gasteiger partial charge in [0.25, 0.3) is 0 Å². The first-order valence-electron chi connectivity index (χ1n) is 5.07. The molecule has 0 atom stereocenters. The standard InChI is InChI=1S/C10H13Cl2N3O3S/c1-10(2,9(13)14-16)15-19(17,18)6-3-4-7(11)8(12)5-6/h3-5,15-16H,1-2H3,(H2,13,14). The molecule has 0 radical (unpaired) electrons. The molecule has 0 aromatic heterocycles. The Morgan fingerprint density at radius 2 is 1.95 bits per heavy atom. The number of rotatable bonds is 4. The Bertz CT molecular complexity index is 614. The number of halogens is 2. The van der Waals surface area contributed by atoms with Crippen LogP contribution in [0.4, 0.5) is 0 Å². The van der Waals surface area contributed by atoms with Crippen LogP contribution in [0.1, 0.15) is 13.8 Å². The number of nitrogens with zero attached hydrogens (tertiary/aromatic N) is 1. The van der Waals surface area contributed by atoms with Crippen LogP contribution in [-0.4, -0.2) is 25.0 Å². The van der Waals surface area contributed by atoms with E-state index in [1.54, 1.807) is 0 Å². The van der Waals surface area contributed by atoms with E-state index in [9.17, 15) is 8.42 Å². The van der Waals surface area contributed by atoms with Crippen molar-refractivity contribution in [3.8, 4) is 0 Å². The first kappa shape index (κ1) is 16.0. The van der Waals surface area contributed by atoms with Crippen molar-refractivity contribution in [2.45, 2.75) is 24.3 Å². The lowest BCUT2D eigenvalue weighted by molar-refractivity contribution is 0.312. The van der Waals surface area contributed by atoms with Gasteiger partial charge in [-0.15, -0.1) is 0 Å². The highest BCUT2D eigenvalue weighted by Gasteiger charge is 2.30. The smallest absolute Gasteiger partial charge is 0.241 e. The zero-order chi connectivity index (χ0) is 14.8. The van der Waals surface area contributed by atoms with Gasteiger partial charge in [0.2, 0.25) is 10.0 Å². The summed E-state index contributed by atoms with van der Waals surface area (Å²) in [7, 11) is -3.88. The molecular weight excluding hydrogens is 313 g/mol. The van der Waals surface area contributed by atoms with Crippen molar-refractivity contribution in [1.82, 2.24) is 4.72 Å². The van der Waals surface area contributed by atoms with Crippen LogP contribution in [0.3, 0.4) is 0 Å². The molecule has 0 aliphatic rings. The van der Waals surface area contributed by atoms with Crippen LogP contribution in [0, 0.1) is 0 Å². The highest BCUT2D eigenvalue weighted by Crippen LogP contribution is 2.25. The molecule has 0 unspecified atom stereocenters. The van der Waals surface area contributed by atoms with Crippen LogP contribution >= 0.6 is 23.2 Å². The number of nitrogens with one attached hydrogen (secondary N) is 1. The lowest BCUT2D eigenvalue weighted by atomic mass is 10.1. The SMILES string of the molecule is CC(C)(NS(=O)(=O)c1ccc(Cl)c(Cl)c1)/C(N)=N/O. The number of benzene rings is 1. The van der Waals surface area contributed by atoms with E-state index in [2.05, 4.69) is 9.88 Å². The zero-order valence-electron chi connectivity index (χ0n) is 10.2. The van der Waals surface area contributed by atoms with Crippen LogP contribution < -0.4 is 10.5 Å². The highest BCUT2D eigenvalue weighted by molar-refractivity contribution is 7.89. The molecule has 0 fully saturated rings. The van der Waals surface area contributed by atoms with Gasteiger partial charge in [0.1, 0.15) is 0 Å². The lowest BCUT2D eigenvalue weighted by Gasteiger charge is -2.24. The number of amidine groups is 1. The quantitative estimate of drug-likeness (QED) is 0.339. The minimum absolute atomic E-state index is 0.0688. The normalized spacial score (nSPS) is 13.6. The fourth-order valence-electron chi connectivity index (χ4n) is 1.22. The van der Waals surface area contributed by atoms with Crippen molar-refractivity contribution in [1.29, 1.82) is 0 Å². The number of sulfonamides is 1. The molecule has 1 aromatic carbocycles. The van der Waals surface area contributed by atoms with Crippen molar-refractivity contribution in [2.75, 3.05) is 0 Å². The van der Waals surface area contributed by atoms with E-state index in [-0.39, 0.29) is 20.8 Å². The Morgan fingerprint density at radius 3 is 2.42 bits per heavy atom. The van der Waals surface area contributed by atoms with Crippen LogP contribution in [0.5, 0.6) is 0 Å². The summed E-state index contributed by atoms with van der Waals surface area (Å²) >= 11 is 11.5. The number of nitrogens with two attached hydrogens (primary N) is 1. The van der Waals surface area contributed by atoms with Crippen molar-refractivity contribution in [2.24, 2.45) is 10.9 Å². The molecule has 9 heteroatoms. The maximum absolute atomic E-state index is 12.1. The van der Waals surface area contributed by atoms with Gasteiger partial charge in [-0.3, -0.25) is 0 Å². The summed E-state index contributed by atoms with van der Waals surface area (Å²) in [6, 6.07) is 3.89. The molecule has 0 aliphatic carbocycles. The van der Waals surface area contributed by atoms with Gasteiger partial charge in [0.15, 0.2) is 5.84 Å². The van der Waals surface area contributed by atoms with Gasteiger partial charge < -0.3 is 10.9 Å². The van der Waals surface area contributed by atoms with Crippen molar-refractivity contribution in [3.05, 3.63) is 28.2 Å². The number of oxime groups is 1. The topological polar surface area (TPSA) is 105 Å². The number of hydrogen-bond acceptors (Lipinski definition) is 4. The van der Waals surface area contributed by atoms with E-state index in [0.717, 1.165) is 0 Å². The van der Waals surface area contributed by atoms with E-state index in [0.29, 0.717) is 0 Å². The monoisotopic (exact) mass is 325 g/mol. The van der Waals surface area contributed by atoms with Crippen LogP contribution in [0.25, 0.3) is 0 Å². The average Bonchev–Trinajstić information content (AvgIpc) is 2.30. The third-order valence-corrected chi connectivity index (χ3v) is 4.73. The molecule has 0 amide bonds. The van der Waals surface area contributed by atoms with Crippen molar-refractivity contribution < 1.29 is 13.6 Å². The number of hydrogen-bond donors (Lipinski definition) is 3. The van der Waals surface area contributed by atoms with E-state index in [1.165, 1.54) is 32.0 Å². The summed E-state index contributed by atoms with van der Waals surface area (Å²) in [5.74, 6) is -0.267. The first-order chi connectivity index (χ1) is 8.60. The maximum Gasteiger partial charge on any atom is 0.241 e. The van der Waals surface area contributed by atoms with E-state index in [4.69, 9.17) is 34.1 Å². The second-order valence-corrected chi connectivity index (χ2v) is 6.79. The lowest BCUT2D eigenvalue weighted by Crippen LogP contribution is -2.52. The molecule has 0 bridgehead atoms. The minimum atomic E-state index is -3.88. The molecule has 6 nitrogen and oxygen atoms in total. The second kappa shape index (κ2) is 5.54. The van der Waals surface area contributed by atoms with Crippen LogP contribution in [0.2, 0.25) is 10.0 Å². The summed E-state index contributed by atoms with van der Waals surface area (Å²) in [5.41, 5.74) is 4.17. The Hall–Kier alpha value is -1.02. The van der Waals surface area contributed by atoms with Gasteiger partial charge in [-0.25, -0.2) is 8.42 Å². The third-order valence-electron chi connectivity index (χ3n) is 2.34. The molecule has 0 spiro atoms. The molecule has 1 aromatic rings. The van der Waals surface area contributed by atoms with Crippen molar-refractivity contribution in [3.63, 3.8) is 0 Å². The molecule has 0 heterocycles. The maximum atomic E-state index is 12.1. The summed E-state index contributed by atoms with van der Waals surface area (Å²) in [6.45, 7) is 2.91. The van der Waals surface area contributed by atoms with Crippen LogP contribution in [0.15, 0.2) is 28.3 Å². The van der Waals surface area contributed by atoms with Crippen LogP contribution in [-0.2, 0) is 10.0 Å². The molecule has 0 saturated carbocycles. The van der Waals surface area contributed by atoms with Crippen molar-refractivity contribution >= 4 is 39.1 Å². The third kappa shape index (κ3) is 3.73. The highest BCUT2D eigenvalue weighted by atomic mass is 35.5. The van der Waals surface area contributed by atoms with E-state index in [1.807, 2.05) is 0 Å². The molecule has 4 N–H and O–H groups in total. The Balaban J connectivity index is 3.15. The van der Waals surface area contributed by atoms with Gasteiger partial charge in [0.05, 0.1) is 20.5 Å². The predicted molar refractivity (Wildman–Crippen MR) is 74.3 cm³/mol. The molecule has 106 valence electrons. The van der Waals surface area contributed by atoms with E-state index >= 15 is 0 Å². The molecular formula is C10H13Cl2N3O3S. The largest absolute Gasteiger partial charge is 0.409 e. The Kier molecular flexibility index (Phi) is 4.67. The summed E-state index contributed by atoms with van der Waals surface area (Å²) in [4.78, 5) is -0.0688.